The van der Waals surface area contributed by atoms with E-state index in [1.807, 2.05) is 12.1 Å². The molecule has 0 bridgehead atoms. The number of aliphatic hydroxyl groups excluding tert-OH is 1. The molecule has 4 N–H and O–H groups in total. The number of nitrogens with zero attached hydrogens (tertiary/aromatic N) is 1. The predicted molar refractivity (Wildman–Crippen MR) is 77.5 cm³/mol. The van der Waals surface area contributed by atoms with Gasteiger partial charge in [0, 0.05) is 23.7 Å². The zero-order valence-electron chi connectivity index (χ0n) is 11.1. The molecule has 1 aliphatic heterocycles. The largest absolute Gasteiger partial charge is 0.392 e. The van der Waals surface area contributed by atoms with Crippen LogP contribution >= 0.6 is 11.6 Å². The van der Waals surface area contributed by atoms with Gasteiger partial charge in [0.1, 0.15) is 5.84 Å². The Morgan fingerprint density at radius 1 is 1.58 bits per heavy atom. The van der Waals surface area contributed by atoms with Gasteiger partial charge in [0.2, 0.25) is 0 Å². The molecule has 1 aliphatic rings. The highest BCUT2D eigenvalue weighted by Gasteiger charge is 2.24. The minimum atomic E-state index is -0.260. The van der Waals surface area contributed by atoms with E-state index >= 15 is 0 Å². The van der Waals surface area contributed by atoms with Crippen LogP contribution in [0, 0.1) is 11.3 Å². The summed E-state index contributed by atoms with van der Waals surface area (Å²) in [6.07, 6.45) is 0.744. The predicted octanol–water partition coefficient (Wildman–Crippen LogP) is 1.83. The minimum absolute atomic E-state index is 0.0238. The molecule has 0 radical (unpaired) electrons. The Balaban J connectivity index is 2.05. The molecule has 0 saturated carbocycles. The fourth-order valence-electron chi connectivity index (χ4n) is 2.34. The quantitative estimate of drug-likeness (QED) is 0.584. The summed E-state index contributed by atoms with van der Waals surface area (Å²) in [6, 6.07) is 5.44. The summed E-state index contributed by atoms with van der Waals surface area (Å²) in [7, 11) is 0. The van der Waals surface area contributed by atoms with E-state index in [9.17, 15) is 5.11 Å². The van der Waals surface area contributed by atoms with Crippen LogP contribution in [0.5, 0.6) is 0 Å². The van der Waals surface area contributed by atoms with Crippen LogP contribution < -0.4 is 5.73 Å². The van der Waals surface area contributed by atoms with Crippen molar-refractivity contribution in [3.63, 3.8) is 0 Å². The Morgan fingerprint density at radius 2 is 2.32 bits per heavy atom. The van der Waals surface area contributed by atoms with Crippen LogP contribution in [0.1, 0.15) is 24.5 Å². The van der Waals surface area contributed by atoms with Crippen LogP contribution in [-0.2, 0) is 6.54 Å². The van der Waals surface area contributed by atoms with Crippen molar-refractivity contribution in [2.24, 2.45) is 11.7 Å². The molecule has 1 saturated heterocycles. The molecule has 1 aromatic carbocycles. The molecule has 1 heterocycles. The third-order valence-electron chi connectivity index (χ3n) is 3.76. The number of hydrogen-bond acceptors (Lipinski definition) is 3. The number of nitrogens with one attached hydrogen (secondary N) is 1. The molecule has 19 heavy (non-hydrogen) atoms. The number of β-amino-alcohol motifs (C(OH)–C–C–N with tert-alkyl or cyclic N) is 1. The van der Waals surface area contributed by atoms with Gasteiger partial charge in [-0.25, -0.2) is 0 Å². The maximum Gasteiger partial charge on any atom is 0.122 e. The molecule has 0 amide bonds. The van der Waals surface area contributed by atoms with Crippen LogP contribution in [0.25, 0.3) is 0 Å². The second-order valence-corrected chi connectivity index (χ2v) is 5.70. The van der Waals surface area contributed by atoms with E-state index in [2.05, 4.69) is 11.8 Å². The van der Waals surface area contributed by atoms with E-state index in [-0.39, 0.29) is 11.9 Å². The lowest BCUT2D eigenvalue weighted by Gasteiger charge is -2.34. The number of piperidine rings is 1. The lowest BCUT2D eigenvalue weighted by molar-refractivity contribution is 0.0259. The van der Waals surface area contributed by atoms with Gasteiger partial charge in [-0.3, -0.25) is 10.3 Å². The van der Waals surface area contributed by atoms with Crippen molar-refractivity contribution in [1.82, 2.24) is 4.90 Å². The summed E-state index contributed by atoms with van der Waals surface area (Å²) in [4.78, 5) is 2.21. The average Bonchev–Trinajstić information content (AvgIpc) is 2.36. The molecule has 0 aromatic heterocycles. The van der Waals surface area contributed by atoms with E-state index in [4.69, 9.17) is 22.7 Å². The number of likely N-dealkylation sites (tertiary alicyclic amines) is 1. The van der Waals surface area contributed by atoms with E-state index in [0.29, 0.717) is 23.0 Å². The van der Waals surface area contributed by atoms with Gasteiger partial charge >= 0.3 is 0 Å². The first-order chi connectivity index (χ1) is 8.97. The first-order valence-electron chi connectivity index (χ1n) is 6.50. The smallest absolute Gasteiger partial charge is 0.122 e. The lowest BCUT2D eigenvalue weighted by atomic mass is 9.95. The van der Waals surface area contributed by atoms with Crippen molar-refractivity contribution in [2.45, 2.75) is 26.0 Å². The Bertz CT molecular complexity index is 478. The number of benzene rings is 1. The SMILES string of the molecule is CC1CCN(Cc2ccc(C(=N)N)cc2Cl)CC1O. The van der Waals surface area contributed by atoms with Crippen molar-refractivity contribution in [1.29, 1.82) is 5.41 Å². The topological polar surface area (TPSA) is 73.3 Å². The zero-order chi connectivity index (χ0) is 14.0. The standard InChI is InChI=1S/C14H20ClN3O/c1-9-4-5-18(8-13(9)19)7-11-3-2-10(14(16)17)6-12(11)15/h2-3,6,9,13,19H,4-5,7-8H2,1H3,(H3,16,17). The Morgan fingerprint density at radius 3 is 2.89 bits per heavy atom. The average molecular weight is 282 g/mol. The first kappa shape index (κ1) is 14.3. The van der Waals surface area contributed by atoms with Gasteiger partial charge in [-0.05, 0) is 30.5 Å². The van der Waals surface area contributed by atoms with Crippen molar-refractivity contribution < 1.29 is 5.11 Å². The molecule has 2 atom stereocenters. The van der Waals surface area contributed by atoms with Crippen molar-refractivity contribution in [2.75, 3.05) is 13.1 Å². The summed E-state index contributed by atoms with van der Waals surface area (Å²) in [6.45, 7) is 4.46. The fraction of sp³-hybridized carbons (Fsp3) is 0.500. The van der Waals surface area contributed by atoms with Gasteiger partial charge in [-0.1, -0.05) is 30.7 Å². The van der Waals surface area contributed by atoms with Gasteiger partial charge < -0.3 is 10.8 Å². The first-order valence-corrected chi connectivity index (χ1v) is 6.88. The van der Waals surface area contributed by atoms with Gasteiger partial charge in [-0.2, -0.15) is 0 Å². The summed E-state index contributed by atoms with van der Waals surface area (Å²) < 4.78 is 0. The third kappa shape index (κ3) is 3.47. The van der Waals surface area contributed by atoms with Gasteiger partial charge in [0.05, 0.1) is 6.10 Å². The molecule has 1 aromatic rings. The van der Waals surface area contributed by atoms with Gasteiger partial charge in [0.25, 0.3) is 0 Å². The number of amidine groups is 1. The summed E-state index contributed by atoms with van der Waals surface area (Å²) >= 11 is 6.22. The summed E-state index contributed by atoms with van der Waals surface area (Å²) in [5.74, 6) is 0.391. The van der Waals surface area contributed by atoms with Crippen molar-refractivity contribution in [3.8, 4) is 0 Å². The normalized spacial score (nSPS) is 24.4. The number of aliphatic hydroxyl groups is 1. The number of hydrogen-bond donors (Lipinski definition) is 3. The van der Waals surface area contributed by atoms with Crippen molar-refractivity contribution in [3.05, 3.63) is 34.3 Å². The molecule has 0 spiro atoms. The number of halogens is 1. The highest BCUT2D eigenvalue weighted by atomic mass is 35.5. The van der Waals surface area contributed by atoms with E-state index in [0.717, 1.165) is 25.1 Å². The molecular formula is C14H20ClN3O. The minimum Gasteiger partial charge on any atom is -0.392 e. The Kier molecular flexibility index (Phi) is 4.45. The van der Waals surface area contributed by atoms with Crippen LogP contribution in [0.2, 0.25) is 5.02 Å². The van der Waals surface area contributed by atoms with E-state index in [1.54, 1.807) is 6.07 Å². The third-order valence-corrected chi connectivity index (χ3v) is 4.11. The molecular weight excluding hydrogens is 262 g/mol. The monoisotopic (exact) mass is 281 g/mol. The molecule has 2 rings (SSSR count). The highest BCUT2D eigenvalue weighted by Crippen LogP contribution is 2.23. The van der Waals surface area contributed by atoms with Gasteiger partial charge in [0.15, 0.2) is 0 Å². The molecule has 5 heteroatoms. The Labute approximate surface area is 118 Å². The maximum absolute atomic E-state index is 9.89. The van der Waals surface area contributed by atoms with Gasteiger partial charge in [-0.15, -0.1) is 0 Å². The number of nitrogens with two attached hydrogens (primary N) is 1. The molecule has 4 nitrogen and oxygen atoms in total. The van der Waals surface area contributed by atoms with Crippen LogP contribution in [0.4, 0.5) is 0 Å². The summed E-state index contributed by atoms with van der Waals surface area (Å²) in [5, 5.41) is 17.9. The van der Waals surface area contributed by atoms with Crippen LogP contribution in [0.3, 0.4) is 0 Å². The molecule has 2 unspecified atom stereocenters. The molecule has 1 fully saturated rings. The number of rotatable bonds is 3. The van der Waals surface area contributed by atoms with Crippen LogP contribution in [0.15, 0.2) is 18.2 Å². The second kappa shape index (κ2) is 5.90. The highest BCUT2D eigenvalue weighted by molar-refractivity contribution is 6.31. The lowest BCUT2D eigenvalue weighted by Crippen LogP contribution is -2.42. The summed E-state index contributed by atoms with van der Waals surface area (Å²) in [5.41, 5.74) is 7.08. The van der Waals surface area contributed by atoms with Crippen LogP contribution in [-0.4, -0.2) is 35.0 Å². The molecule has 0 aliphatic carbocycles. The van der Waals surface area contributed by atoms with E-state index < -0.39 is 0 Å². The van der Waals surface area contributed by atoms with E-state index in [1.165, 1.54) is 0 Å². The zero-order valence-corrected chi connectivity index (χ0v) is 11.8. The van der Waals surface area contributed by atoms with Crippen molar-refractivity contribution >= 4 is 17.4 Å². The Hall–Kier alpha value is -1.10. The maximum atomic E-state index is 9.89. The fourth-order valence-corrected chi connectivity index (χ4v) is 2.58. The molecule has 104 valence electrons. The second-order valence-electron chi connectivity index (χ2n) is 5.29. The number of nitrogen functional groups attached to an aromatic ring is 1.